The predicted octanol–water partition coefficient (Wildman–Crippen LogP) is 1.75. The van der Waals surface area contributed by atoms with Gasteiger partial charge in [0.25, 0.3) is 5.91 Å². The largest absolute Gasteiger partial charge is 0.331 e. The van der Waals surface area contributed by atoms with Crippen LogP contribution in [0.15, 0.2) is 30.3 Å². The molecule has 1 fully saturated rings. The molecule has 2 N–H and O–H groups in total. The van der Waals surface area contributed by atoms with Crippen molar-refractivity contribution in [3.05, 3.63) is 30.3 Å². The summed E-state index contributed by atoms with van der Waals surface area (Å²) in [5.41, 5.74) is 3.63. The zero-order chi connectivity index (χ0) is 12.3. The van der Waals surface area contributed by atoms with E-state index in [0.29, 0.717) is 15.2 Å². The lowest BCUT2D eigenvalue weighted by Crippen LogP contribution is -2.46. The monoisotopic (exact) mass is 283 g/mol. The van der Waals surface area contributed by atoms with Crippen molar-refractivity contribution in [3.63, 3.8) is 0 Å². The molecule has 0 saturated carbocycles. The lowest BCUT2D eigenvalue weighted by atomic mass is 10.3. The molecule has 0 aliphatic carbocycles. The average Bonchev–Trinajstić information content (AvgIpc) is 2.62. The lowest BCUT2D eigenvalue weighted by molar-refractivity contribution is -0.125. The van der Waals surface area contributed by atoms with E-state index in [-0.39, 0.29) is 5.91 Å². The summed E-state index contributed by atoms with van der Waals surface area (Å²) in [5.74, 6) is 0.275. The average molecular weight is 283 g/mol. The van der Waals surface area contributed by atoms with Crippen LogP contribution in [0.1, 0.15) is 0 Å². The summed E-state index contributed by atoms with van der Waals surface area (Å²) < 4.78 is 0.493. The number of anilines is 1. The summed E-state index contributed by atoms with van der Waals surface area (Å²) >= 11 is 11.4. The Hall–Kier alpha value is -1.18. The fourth-order valence-corrected chi connectivity index (χ4v) is 2.43. The third kappa shape index (κ3) is 3.15. The second kappa shape index (κ2) is 5.44. The molecule has 1 saturated heterocycles. The number of nitrogens with one attached hydrogen (secondary N) is 2. The molecule has 0 radical (unpaired) electrons. The molecule has 0 unspecified atom stereocenters. The van der Waals surface area contributed by atoms with Gasteiger partial charge in [0.15, 0.2) is 9.43 Å². The Labute approximate surface area is 114 Å². The van der Waals surface area contributed by atoms with Gasteiger partial charge in [0, 0.05) is 5.69 Å². The van der Waals surface area contributed by atoms with Crippen LogP contribution in [0.25, 0.3) is 0 Å². The minimum Gasteiger partial charge on any atom is -0.331 e. The number of carbonyl (C=O) groups is 1. The van der Waals surface area contributed by atoms with E-state index < -0.39 is 0 Å². The molecule has 1 aliphatic rings. The van der Waals surface area contributed by atoms with Crippen molar-refractivity contribution in [2.45, 2.75) is 0 Å². The van der Waals surface area contributed by atoms with Crippen LogP contribution in [0.5, 0.6) is 0 Å². The Morgan fingerprint density at radius 2 is 2.06 bits per heavy atom. The highest BCUT2D eigenvalue weighted by Gasteiger charge is 2.27. The van der Waals surface area contributed by atoms with E-state index in [2.05, 4.69) is 10.7 Å². The molecule has 0 atom stereocenters. The van der Waals surface area contributed by atoms with Crippen molar-refractivity contribution in [2.24, 2.45) is 0 Å². The standard InChI is InChI=1S/C10H9N3OS3/c14-8-6-17-10(16)13(8)12-9(15)11-7-4-2-1-3-5-7/h1-5H,6H2,(H2,11,12,15). The highest BCUT2D eigenvalue weighted by molar-refractivity contribution is 8.23. The van der Waals surface area contributed by atoms with Gasteiger partial charge in [-0.15, -0.1) is 0 Å². The SMILES string of the molecule is O=C1CSC(=S)N1NC(=S)Nc1ccccc1. The molecule has 4 nitrogen and oxygen atoms in total. The Bertz CT molecular complexity index is 447. The smallest absolute Gasteiger partial charge is 0.257 e. The number of hydrogen-bond donors (Lipinski definition) is 2. The molecule has 1 aromatic carbocycles. The maximum atomic E-state index is 11.4. The Kier molecular flexibility index (Phi) is 3.93. The molecule has 1 aromatic rings. The van der Waals surface area contributed by atoms with Crippen molar-refractivity contribution in [3.8, 4) is 0 Å². The van der Waals surface area contributed by atoms with Crippen molar-refractivity contribution in [1.29, 1.82) is 0 Å². The number of carbonyl (C=O) groups excluding carboxylic acids is 1. The van der Waals surface area contributed by atoms with Crippen molar-refractivity contribution < 1.29 is 4.79 Å². The van der Waals surface area contributed by atoms with Gasteiger partial charge in [-0.3, -0.25) is 10.2 Å². The number of nitrogens with zero attached hydrogens (tertiary/aromatic N) is 1. The van der Waals surface area contributed by atoms with Crippen LogP contribution in [0.3, 0.4) is 0 Å². The molecule has 7 heteroatoms. The van der Waals surface area contributed by atoms with Crippen LogP contribution in [0.2, 0.25) is 0 Å². The molecular formula is C10H9N3OS3. The molecular weight excluding hydrogens is 274 g/mol. The highest BCUT2D eigenvalue weighted by atomic mass is 32.2. The summed E-state index contributed by atoms with van der Waals surface area (Å²) in [5, 5.41) is 4.60. The maximum absolute atomic E-state index is 11.4. The van der Waals surface area contributed by atoms with Gasteiger partial charge in [0.05, 0.1) is 5.75 Å². The van der Waals surface area contributed by atoms with Gasteiger partial charge in [-0.1, -0.05) is 42.2 Å². The minimum atomic E-state index is -0.0859. The first-order chi connectivity index (χ1) is 8.16. The highest BCUT2D eigenvalue weighted by Crippen LogP contribution is 2.17. The zero-order valence-corrected chi connectivity index (χ0v) is 11.1. The number of para-hydroxylation sites is 1. The van der Waals surface area contributed by atoms with Crippen molar-refractivity contribution in [1.82, 2.24) is 10.4 Å². The Balaban J connectivity index is 1.94. The zero-order valence-electron chi connectivity index (χ0n) is 8.67. The topological polar surface area (TPSA) is 44.4 Å². The van der Waals surface area contributed by atoms with Crippen molar-refractivity contribution in [2.75, 3.05) is 11.1 Å². The van der Waals surface area contributed by atoms with Gasteiger partial charge >= 0.3 is 0 Å². The van der Waals surface area contributed by atoms with Gasteiger partial charge in [-0.05, 0) is 24.4 Å². The second-order valence-corrected chi connectivity index (χ2v) is 5.23. The number of amides is 1. The maximum Gasteiger partial charge on any atom is 0.257 e. The van der Waals surface area contributed by atoms with Gasteiger partial charge in [-0.2, -0.15) is 0 Å². The second-order valence-electron chi connectivity index (χ2n) is 3.22. The predicted molar refractivity (Wildman–Crippen MR) is 77.7 cm³/mol. The van der Waals surface area contributed by atoms with Crippen LogP contribution in [-0.2, 0) is 4.79 Å². The minimum absolute atomic E-state index is 0.0859. The first kappa shape index (κ1) is 12.3. The van der Waals surface area contributed by atoms with Gasteiger partial charge in [-0.25, -0.2) is 5.01 Å². The molecule has 1 amide bonds. The first-order valence-corrected chi connectivity index (χ1v) is 6.59. The quantitative estimate of drug-likeness (QED) is 0.806. The summed E-state index contributed by atoms with van der Waals surface area (Å²) in [6.45, 7) is 0. The number of rotatable bonds is 2. The van der Waals surface area contributed by atoms with Crippen LogP contribution in [-0.4, -0.2) is 26.1 Å². The molecule has 88 valence electrons. The summed E-state index contributed by atoms with van der Waals surface area (Å²) in [6.07, 6.45) is 0. The Morgan fingerprint density at radius 3 is 2.65 bits per heavy atom. The van der Waals surface area contributed by atoms with Crippen LogP contribution < -0.4 is 10.7 Å². The number of thiocarbonyl (C=S) groups is 2. The molecule has 1 aliphatic heterocycles. The number of hydrogen-bond acceptors (Lipinski definition) is 4. The number of benzene rings is 1. The van der Waals surface area contributed by atoms with Crippen molar-refractivity contribution >= 4 is 57.2 Å². The van der Waals surface area contributed by atoms with E-state index in [9.17, 15) is 4.79 Å². The Morgan fingerprint density at radius 1 is 1.35 bits per heavy atom. The van der Waals surface area contributed by atoms with E-state index in [1.54, 1.807) is 0 Å². The van der Waals surface area contributed by atoms with E-state index >= 15 is 0 Å². The normalized spacial score (nSPS) is 14.9. The van der Waals surface area contributed by atoms with Gasteiger partial charge in [0.2, 0.25) is 0 Å². The molecule has 2 rings (SSSR count). The molecule has 1 heterocycles. The van der Waals surface area contributed by atoms with E-state index in [1.807, 2.05) is 30.3 Å². The molecule has 0 bridgehead atoms. The van der Waals surface area contributed by atoms with Gasteiger partial charge in [0.1, 0.15) is 0 Å². The van der Waals surface area contributed by atoms with E-state index in [4.69, 9.17) is 24.4 Å². The third-order valence-corrected chi connectivity index (χ3v) is 3.55. The summed E-state index contributed by atoms with van der Waals surface area (Å²) in [7, 11) is 0. The molecule has 17 heavy (non-hydrogen) atoms. The summed E-state index contributed by atoms with van der Waals surface area (Å²) in [6, 6.07) is 9.47. The lowest BCUT2D eigenvalue weighted by Gasteiger charge is -2.18. The van der Waals surface area contributed by atoms with Crippen LogP contribution >= 0.6 is 36.2 Å². The third-order valence-electron chi connectivity index (χ3n) is 2.00. The van der Waals surface area contributed by atoms with E-state index in [1.165, 1.54) is 16.8 Å². The first-order valence-electron chi connectivity index (χ1n) is 4.79. The number of hydrazine groups is 1. The van der Waals surface area contributed by atoms with Crippen LogP contribution in [0, 0.1) is 0 Å². The fourth-order valence-electron chi connectivity index (χ4n) is 1.24. The van der Waals surface area contributed by atoms with E-state index in [0.717, 1.165) is 5.69 Å². The van der Waals surface area contributed by atoms with Gasteiger partial charge < -0.3 is 5.32 Å². The van der Waals surface area contributed by atoms with Crippen LogP contribution in [0.4, 0.5) is 5.69 Å². The molecule has 0 aromatic heterocycles. The number of thioether (sulfide) groups is 1. The summed E-state index contributed by atoms with van der Waals surface area (Å²) in [4.78, 5) is 11.4. The fraction of sp³-hybridized carbons (Fsp3) is 0.100. The molecule has 0 spiro atoms.